The molecule has 1 fully saturated rings. The number of amides is 1. The van der Waals surface area contributed by atoms with E-state index in [1.54, 1.807) is 6.07 Å². The summed E-state index contributed by atoms with van der Waals surface area (Å²) >= 11 is 0. The van der Waals surface area contributed by atoms with Gasteiger partial charge in [0.1, 0.15) is 5.82 Å². The summed E-state index contributed by atoms with van der Waals surface area (Å²) in [6, 6.07) is 11.8. The maximum absolute atomic E-state index is 12.9. The van der Waals surface area contributed by atoms with Crippen molar-refractivity contribution in [3.8, 4) is 0 Å². The lowest BCUT2D eigenvalue weighted by Crippen LogP contribution is -2.33. The van der Waals surface area contributed by atoms with Gasteiger partial charge in [-0.15, -0.1) is 0 Å². The second-order valence-corrected chi connectivity index (χ2v) is 8.23. The highest BCUT2D eigenvalue weighted by Crippen LogP contribution is 2.30. The van der Waals surface area contributed by atoms with Gasteiger partial charge in [-0.25, -0.2) is 4.98 Å². The number of halogens is 3. The number of carbonyl (C=O) groups is 1. The van der Waals surface area contributed by atoms with Gasteiger partial charge < -0.3 is 10.2 Å². The molecular formula is C24H24F3N3O. The molecule has 2 aromatic carbocycles. The van der Waals surface area contributed by atoms with Crippen LogP contribution in [0.2, 0.25) is 0 Å². The lowest BCUT2D eigenvalue weighted by Gasteiger charge is -2.31. The minimum Gasteiger partial charge on any atom is -0.357 e. The molecule has 1 aromatic heterocycles. The number of piperidine rings is 1. The molecule has 0 saturated carbocycles. The van der Waals surface area contributed by atoms with Gasteiger partial charge in [-0.3, -0.25) is 4.79 Å². The van der Waals surface area contributed by atoms with E-state index >= 15 is 0 Å². The summed E-state index contributed by atoms with van der Waals surface area (Å²) in [4.78, 5) is 19.6. The van der Waals surface area contributed by atoms with Crippen molar-refractivity contribution in [2.45, 2.75) is 32.9 Å². The first-order valence-corrected chi connectivity index (χ1v) is 10.4. The van der Waals surface area contributed by atoms with Crippen LogP contribution in [0, 0.1) is 12.8 Å². The molecule has 1 amide bonds. The Kier molecular flexibility index (Phi) is 5.60. The van der Waals surface area contributed by atoms with Gasteiger partial charge in [0.15, 0.2) is 0 Å². The first-order chi connectivity index (χ1) is 14.7. The summed E-state index contributed by atoms with van der Waals surface area (Å²) in [5.41, 5.74) is 1.48. The number of fused-ring (bicyclic) bond motifs is 1. The average molecular weight is 427 g/mol. The summed E-state index contributed by atoms with van der Waals surface area (Å²) in [5, 5.41) is 3.59. The number of carbonyl (C=O) groups excluding carboxylic acids is 1. The fourth-order valence-corrected chi connectivity index (χ4v) is 3.89. The molecule has 4 nitrogen and oxygen atoms in total. The van der Waals surface area contributed by atoms with Crippen LogP contribution in [0.3, 0.4) is 0 Å². The number of hydrogen-bond donors (Lipinski definition) is 1. The maximum atomic E-state index is 12.9. The van der Waals surface area contributed by atoms with Crippen molar-refractivity contribution in [3.05, 3.63) is 65.2 Å². The van der Waals surface area contributed by atoms with E-state index in [9.17, 15) is 18.0 Å². The van der Waals surface area contributed by atoms with Crippen molar-refractivity contribution in [2.24, 2.45) is 5.92 Å². The zero-order valence-electron chi connectivity index (χ0n) is 17.5. The Morgan fingerprint density at radius 2 is 1.84 bits per heavy atom. The average Bonchev–Trinajstić information content (AvgIpc) is 2.74. The zero-order chi connectivity index (χ0) is 22.2. The molecule has 0 unspecified atom stereocenters. The molecule has 1 aliphatic rings. The quantitative estimate of drug-likeness (QED) is 0.553. The van der Waals surface area contributed by atoms with Crippen LogP contribution in [0.15, 0.2) is 48.5 Å². The molecule has 0 aliphatic carbocycles. The highest BCUT2D eigenvalue weighted by atomic mass is 19.4. The molecule has 7 heteroatoms. The van der Waals surface area contributed by atoms with Crippen molar-refractivity contribution < 1.29 is 18.0 Å². The number of rotatable bonds is 3. The SMILES string of the molecule is Cc1cc(N2CCC(C)CC2)nc2ccc(NC(=O)c3cccc(C(F)(F)F)c3)cc12. The topological polar surface area (TPSA) is 45.2 Å². The van der Waals surface area contributed by atoms with Gasteiger partial charge in [-0.2, -0.15) is 13.2 Å². The van der Waals surface area contributed by atoms with Gasteiger partial charge >= 0.3 is 6.18 Å². The maximum Gasteiger partial charge on any atom is 0.416 e. The number of anilines is 2. The monoisotopic (exact) mass is 427 g/mol. The van der Waals surface area contributed by atoms with E-state index < -0.39 is 17.6 Å². The number of alkyl halides is 3. The largest absolute Gasteiger partial charge is 0.416 e. The fourth-order valence-electron chi connectivity index (χ4n) is 3.89. The summed E-state index contributed by atoms with van der Waals surface area (Å²) in [6.07, 6.45) is -2.19. The first kappa shape index (κ1) is 21.2. The van der Waals surface area contributed by atoms with Crippen molar-refractivity contribution in [2.75, 3.05) is 23.3 Å². The van der Waals surface area contributed by atoms with E-state index in [4.69, 9.17) is 4.98 Å². The molecule has 0 atom stereocenters. The normalized spacial score (nSPS) is 15.3. The van der Waals surface area contributed by atoms with Gasteiger partial charge in [0.2, 0.25) is 0 Å². The molecule has 162 valence electrons. The van der Waals surface area contributed by atoms with Crippen LogP contribution in [0.4, 0.5) is 24.7 Å². The second kappa shape index (κ2) is 8.21. The third-order valence-corrected chi connectivity index (χ3v) is 5.82. The van der Waals surface area contributed by atoms with E-state index in [1.165, 1.54) is 12.1 Å². The lowest BCUT2D eigenvalue weighted by molar-refractivity contribution is -0.137. The lowest BCUT2D eigenvalue weighted by atomic mass is 9.99. The van der Waals surface area contributed by atoms with Crippen molar-refractivity contribution in [1.29, 1.82) is 0 Å². The van der Waals surface area contributed by atoms with Crippen LogP contribution in [0.5, 0.6) is 0 Å². The standard InChI is InChI=1S/C24H24F3N3O/c1-15-8-10-30(11-9-15)22-12-16(2)20-14-19(6-7-21(20)29-22)28-23(31)17-4-3-5-18(13-17)24(25,26)27/h3-7,12-15H,8-11H2,1-2H3,(H,28,31). The molecule has 2 heterocycles. The molecule has 0 spiro atoms. The zero-order valence-corrected chi connectivity index (χ0v) is 17.5. The number of benzene rings is 2. The molecule has 0 radical (unpaired) electrons. The van der Waals surface area contributed by atoms with E-state index in [0.29, 0.717) is 5.69 Å². The highest BCUT2D eigenvalue weighted by molar-refractivity contribution is 6.05. The molecule has 1 N–H and O–H groups in total. The third kappa shape index (κ3) is 4.65. The van der Waals surface area contributed by atoms with E-state index in [0.717, 1.165) is 66.3 Å². The smallest absolute Gasteiger partial charge is 0.357 e. The molecule has 4 rings (SSSR count). The van der Waals surface area contributed by atoms with Gasteiger partial charge in [-0.1, -0.05) is 13.0 Å². The number of hydrogen-bond acceptors (Lipinski definition) is 3. The third-order valence-electron chi connectivity index (χ3n) is 5.82. The van der Waals surface area contributed by atoms with Gasteiger partial charge in [0.25, 0.3) is 5.91 Å². The first-order valence-electron chi connectivity index (χ1n) is 10.4. The molecule has 31 heavy (non-hydrogen) atoms. The summed E-state index contributed by atoms with van der Waals surface area (Å²) in [5.74, 6) is 1.11. The predicted molar refractivity (Wildman–Crippen MR) is 116 cm³/mol. The van der Waals surface area contributed by atoms with E-state index in [-0.39, 0.29) is 5.56 Å². The number of aromatic nitrogens is 1. The van der Waals surface area contributed by atoms with Crippen LogP contribution in [0.1, 0.15) is 41.3 Å². The second-order valence-electron chi connectivity index (χ2n) is 8.23. The Labute approximate surface area is 179 Å². The Bertz CT molecular complexity index is 1120. The molecule has 1 aliphatic heterocycles. The predicted octanol–water partition coefficient (Wildman–Crippen LogP) is 6.05. The number of nitrogens with zero attached hydrogens (tertiary/aromatic N) is 2. The summed E-state index contributed by atoms with van der Waals surface area (Å²) in [7, 11) is 0. The van der Waals surface area contributed by atoms with Crippen LogP contribution >= 0.6 is 0 Å². The number of aryl methyl sites for hydroxylation is 1. The van der Waals surface area contributed by atoms with E-state index in [1.807, 2.05) is 19.1 Å². The van der Waals surface area contributed by atoms with Crippen LogP contribution < -0.4 is 10.2 Å². The van der Waals surface area contributed by atoms with Crippen LogP contribution in [0.25, 0.3) is 10.9 Å². The molecular weight excluding hydrogens is 403 g/mol. The minimum absolute atomic E-state index is 0.0422. The van der Waals surface area contributed by atoms with Gasteiger partial charge in [0.05, 0.1) is 11.1 Å². The number of pyridine rings is 1. The molecule has 0 bridgehead atoms. The van der Waals surface area contributed by atoms with Crippen molar-refractivity contribution in [3.63, 3.8) is 0 Å². The highest BCUT2D eigenvalue weighted by Gasteiger charge is 2.31. The minimum atomic E-state index is -4.49. The van der Waals surface area contributed by atoms with Crippen LogP contribution in [-0.2, 0) is 6.18 Å². The Hall–Kier alpha value is -3.09. The summed E-state index contributed by atoms with van der Waals surface area (Å²) < 4.78 is 38.8. The van der Waals surface area contributed by atoms with E-state index in [2.05, 4.69) is 23.2 Å². The summed E-state index contributed by atoms with van der Waals surface area (Å²) in [6.45, 7) is 6.25. The van der Waals surface area contributed by atoms with Crippen molar-refractivity contribution >= 4 is 28.3 Å². The Morgan fingerprint density at radius 3 is 2.55 bits per heavy atom. The van der Waals surface area contributed by atoms with Crippen molar-refractivity contribution in [1.82, 2.24) is 4.98 Å². The van der Waals surface area contributed by atoms with Gasteiger partial charge in [0, 0.05) is 29.7 Å². The van der Waals surface area contributed by atoms with Crippen LogP contribution in [-0.4, -0.2) is 24.0 Å². The number of nitrogens with one attached hydrogen (secondary N) is 1. The fraction of sp³-hybridized carbons (Fsp3) is 0.333. The van der Waals surface area contributed by atoms with Gasteiger partial charge in [-0.05, 0) is 73.7 Å². The Morgan fingerprint density at radius 1 is 1.10 bits per heavy atom. The molecule has 1 saturated heterocycles. The molecule has 3 aromatic rings. The Balaban J connectivity index is 1.56.